The number of halogens is 1. The van der Waals surface area contributed by atoms with Gasteiger partial charge in [-0.25, -0.2) is 0 Å². The number of carbonyl (C=O) groups is 1. The van der Waals surface area contributed by atoms with Gasteiger partial charge in [0.25, 0.3) is 0 Å². The van der Waals surface area contributed by atoms with E-state index in [0.717, 1.165) is 17.7 Å². The SMILES string of the molecule is COc1ccccc1CC(C)CC(=O)NCCN.Cl. The molecule has 1 rings (SSSR count). The zero-order valence-corrected chi connectivity index (χ0v) is 12.3. The summed E-state index contributed by atoms with van der Waals surface area (Å²) in [6.45, 7) is 3.08. The van der Waals surface area contributed by atoms with Gasteiger partial charge >= 0.3 is 0 Å². The van der Waals surface area contributed by atoms with Crippen LogP contribution in [0, 0.1) is 5.92 Å². The maximum absolute atomic E-state index is 11.6. The van der Waals surface area contributed by atoms with Crippen LogP contribution in [0.15, 0.2) is 24.3 Å². The molecule has 4 nitrogen and oxygen atoms in total. The molecule has 1 unspecified atom stereocenters. The van der Waals surface area contributed by atoms with E-state index in [-0.39, 0.29) is 24.2 Å². The van der Waals surface area contributed by atoms with Crippen LogP contribution in [0.1, 0.15) is 18.9 Å². The molecule has 0 aliphatic heterocycles. The Kier molecular flexibility index (Phi) is 9.00. The van der Waals surface area contributed by atoms with E-state index >= 15 is 0 Å². The van der Waals surface area contributed by atoms with Gasteiger partial charge in [-0.15, -0.1) is 12.4 Å². The van der Waals surface area contributed by atoms with Gasteiger partial charge < -0.3 is 15.8 Å². The number of nitrogens with two attached hydrogens (primary N) is 1. The second-order valence-corrected chi connectivity index (χ2v) is 4.46. The van der Waals surface area contributed by atoms with Gasteiger partial charge in [0.1, 0.15) is 5.75 Å². The predicted octanol–water partition coefficient (Wildman–Crippen LogP) is 1.76. The summed E-state index contributed by atoms with van der Waals surface area (Å²) in [5, 5.41) is 2.78. The van der Waals surface area contributed by atoms with Crippen LogP contribution in [0.25, 0.3) is 0 Å². The van der Waals surface area contributed by atoms with Crippen molar-refractivity contribution in [3.8, 4) is 5.75 Å². The molecule has 1 aromatic carbocycles. The number of ether oxygens (including phenoxy) is 1. The molecular weight excluding hydrogens is 264 g/mol. The Balaban J connectivity index is 0.00000324. The molecule has 19 heavy (non-hydrogen) atoms. The first-order valence-corrected chi connectivity index (χ1v) is 6.26. The Morgan fingerprint density at radius 1 is 1.42 bits per heavy atom. The molecule has 0 saturated carbocycles. The molecular formula is C14H23ClN2O2. The summed E-state index contributed by atoms with van der Waals surface area (Å²) in [6, 6.07) is 7.91. The van der Waals surface area contributed by atoms with Crippen LogP contribution in [0.4, 0.5) is 0 Å². The molecule has 0 aliphatic carbocycles. The van der Waals surface area contributed by atoms with Gasteiger partial charge in [0.2, 0.25) is 5.91 Å². The Hall–Kier alpha value is -1.26. The van der Waals surface area contributed by atoms with Crippen molar-refractivity contribution in [3.63, 3.8) is 0 Å². The van der Waals surface area contributed by atoms with Gasteiger partial charge in [-0.05, 0) is 24.0 Å². The summed E-state index contributed by atoms with van der Waals surface area (Å²) >= 11 is 0. The smallest absolute Gasteiger partial charge is 0.220 e. The van der Waals surface area contributed by atoms with E-state index in [1.54, 1.807) is 7.11 Å². The van der Waals surface area contributed by atoms with Crippen molar-refractivity contribution in [2.45, 2.75) is 19.8 Å². The molecule has 3 N–H and O–H groups in total. The van der Waals surface area contributed by atoms with Crippen molar-refractivity contribution in [1.29, 1.82) is 0 Å². The lowest BCUT2D eigenvalue weighted by atomic mass is 9.97. The van der Waals surface area contributed by atoms with Crippen molar-refractivity contribution in [2.75, 3.05) is 20.2 Å². The van der Waals surface area contributed by atoms with E-state index in [9.17, 15) is 4.79 Å². The molecule has 0 aromatic heterocycles. The highest BCUT2D eigenvalue weighted by Gasteiger charge is 2.11. The molecule has 1 atom stereocenters. The molecule has 1 aromatic rings. The van der Waals surface area contributed by atoms with Crippen molar-refractivity contribution in [1.82, 2.24) is 5.32 Å². The normalized spacial score (nSPS) is 11.3. The van der Waals surface area contributed by atoms with Gasteiger partial charge in [-0.2, -0.15) is 0 Å². The van der Waals surface area contributed by atoms with Crippen LogP contribution in [-0.2, 0) is 11.2 Å². The summed E-state index contributed by atoms with van der Waals surface area (Å²) in [4.78, 5) is 11.6. The van der Waals surface area contributed by atoms with Crippen LogP contribution < -0.4 is 15.8 Å². The molecule has 0 bridgehead atoms. The monoisotopic (exact) mass is 286 g/mol. The third kappa shape index (κ3) is 6.45. The van der Waals surface area contributed by atoms with Crippen molar-refractivity contribution < 1.29 is 9.53 Å². The Bertz CT molecular complexity index is 385. The van der Waals surface area contributed by atoms with E-state index in [1.807, 2.05) is 24.3 Å². The van der Waals surface area contributed by atoms with E-state index < -0.39 is 0 Å². The highest BCUT2D eigenvalue weighted by atomic mass is 35.5. The Morgan fingerprint density at radius 3 is 2.74 bits per heavy atom. The summed E-state index contributed by atoms with van der Waals surface area (Å²) in [5.41, 5.74) is 6.48. The fourth-order valence-corrected chi connectivity index (χ4v) is 1.92. The number of rotatable bonds is 7. The first kappa shape index (κ1) is 17.7. The molecule has 0 fully saturated rings. The number of carbonyl (C=O) groups excluding carboxylic acids is 1. The largest absolute Gasteiger partial charge is 0.496 e. The summed E-state index contributed by atoms with van der Waals surface area (Å²) in [7, 11) is 1.66. The van der Waals surface area contributed by atoms with Gasteiger partial charge in [0.05, 0.1) is 7.11 Å². The van der Waals surface area contributed by atoms with Gasteiger partial charge in [-0.3, -0.25) is 4.79 Å². The maximum atomic E-state index is 11.6. The van der Waals surface area contributed by atoms with Crippen molar-refractivity contribution in [2.24, 2.45) is 11.7 Å². The number of hydrogen-bond donors (Lipinski definition) is 2. The molecule has 5 heteroatoms. The van der Waals surface area contributed by atoms with Crippen LogP contribution >= 0.6 is 12.4 Å². The lowest BCUT2D eigenvalue weighted by Gasteiger charge is -2.13. The first-order valence-electron chi connectivity index (χ1n) is 6.26. The minimum absolute atomic E-state index is 0. The van der Waals surface area contributed by atoms with E-state index in [0.29, 0.717) is 19.5 Å². The molecule has 0 saturated heterocycles. The van der Waals surface area contributed by atoms with E-state index in [1.165, 1.54) is 0 Å². The fourth-order valence-electron chi connectivity index (χ4n) is 1.92. The maximum Gasteiger partial charge on any atom is 0.220 e. The second kappa shape index (κ2) is 9.64. The van der Waals surface area contributed by atoms with Crippen molar-refractivity contribution >= 4 is 18.3 Å². The van der Waals surface area contributed by atoms with Gasteiger partial charge in [0, 0.05) is 19.5 Å². The zero-order chi connectivity index (χ0) is 13.4. The predicted molar refractivity (Wildman–Crippen MR) is 79.8 cm³/mol. The third-order valence-corrected chi connectivity index (χ3v) is 2.76. The topological polar surface area (TPSA) is 64.3 Å². The van der Waals surface area contributed by atoms with E-state index in [4.69, 9.17) is 10.5 Å². The molecule has 0 aliphatic rings. The number of para-hydroxylation sites is 1. The zero-order valence-electron chi connectivity index (χ0n) is 11.5. The lowest BCUT2D eigenvalue weighted by Crippen LogP contribution is -2.30. The van der Waals surface area contributed by atoms with Crippen molar-refractivity contribution in [3.05, 3.63) is 29.8 Å². The number of amides is 1. The summed E-state index contributed by atoms with van der Waals surface area (Å²) in [5.74, 6) is 1.22. The number of benzene rings is 1. The highest BCUT2D eigenvalue weighted by Crippen LogP contribution is 2.21. The Labute approximate surface area is 121 Å². The average Bonchev–Trinajstić information content (AvgIpc) is 2.36. The summed E-state index contributed by atoms with van der Waals surface area (Å²) in [6.07, 6.45) is 1.35. The standard InChI is InChI=1S/C14H22N2O2.ClH/c1-11(10-14(17)16-8-7-15)9-12-5-3-4-6-13(12)18-2;/h3-6,11H,7-10,15H2,1-2H3,(H,16,17);1H. The third-order valence-electron chi connectivity index (χ3n) is 2.76. The first-order chi connectivity index (χ1) is 8.67. The molecule has 0 spiro atoms. The fraction of sp³-hybridized carbons (Fsp3) is 0.500. The molecule has 108 valence electrons. The number of methoxy groups -OCH3 is 1. The van der Waals surface area contributed by atoms with Gasteiger partial charge in [-0.1, -0.05) is 25.1 Å². The van der Waals surface area contributed by atoms with Crippen LogP contribution in [-0.4, -0.2) is 26.1 Å². The number of nitrogens with one attached hydrogen (secondary N) is 1. The molecule has 0 heterocycles. The lowest BCUT2D eigenvalue weighted by molar-refractivity contribution is -0.121. The minimum Gasteiger partial charge on any atom is -0.496 e. The quantitative estimate of drug-likeness (QED) is 0.803. The number of hydrogen-bond acceptors (Lipinski definition) is 3. The van der Waals surface area contributed by atoms with Crippen LogP contribution in [0.2, 0.25) is 0 Å². The highest BCUT2D eigenvalue weighted by molar-refractivity contribution is 5.85. The van der Waals surface area contributed by atoms with Crippen LogP contribution in [0.5, 0.6) is 5.75 Å². The van der Waals surface area contributed by atoms with Gasteiger partial charge in [0.15, 0.2) is 0 Å². The summed E-state index contributed by atoms with van der Waals surface area (Å²) < 4.78 is 5.30. The molecule has 1 amide bonds. The van der Waals surface area contributed by atoms with E-state index in [2.05, 4.69) is 12.2 Å². The van der Waals surface area contributed by atoms with Crippen LogP contribution in [0.3, 0.4) is 0 Å². The Morgan fingerprint density at radius 2 is 2.11 bits per heavy atom. The minimum atomic E-state index is 0. The average molecular weight is 287 g/mol. The second-order valence-electron chi connectivity index (χ2n) is 4.46. The molecule has 0 radical (unpaired) electrons.